The zero-order chi connectivity index (χ0) is 40.0. The lowest BCUT2D eigenvalue weighted by molar-refractivity contribution is -0.165. The van der Waals surface area contributed by atoms with Crippen LogP contribution in [-0.4, -0.2) is 90.4 Å². The number of hydrogen-bond donors (Lipinski definition) is 2. The van der Waals surface area contributed by atoms with Crippen molar-refractivity contribution in [1.82, 2.24) is 20.5 Å². The zero-order valence-corrected chi connectivity index (χ0v) is 31.0. The number of ketones is 1. The van der Waals surface area contributed by atoms with Gasteiger partial charge in [-0.25, -0.2) is 8.42 Å². The Bertz CT molecular complexity index is 1910. The summed E-state index contributed by atoms with van der Waals surface area (Å²) in [5, 5.41) is 2.19. The van der Waals surface area contributed by atoms with Crippen molar-refractivity contribution in [3.05, 3.63) is 94.2 Å². The Morgan fingerprint density at radius 3 is 2.22 bits per heavy atom. The van der Waals surface area contributed by atoms with Crippen LogP contribution >= 0.6 is 23.2 Å². The number of alkyl halides is 5. The number of hydrogen-bond acceptors (Lipinski definition) is 8. The van der Waals surface area contributed by atoms with E-state index < -0.39 is 100 Å². The molecule has 0 aliphatic carbocycles. The normalized spacial score (nSPS) is 17.5. The first kappa shape index (κ1) is 42.4. The van der Waals surface area contributed by atoms with Gasteiger partial charge in [-0.05, 0) is 35.6 Å². The van der Waals surface area contributed by atoms with Crippen LogP contribution in [0.3, 0.4) is 0 Å². The minimum atomic E-state index is -5.06. The number of aromatic nitrogens is 1. The predicted octanol–water partition coefficient (Wildman–Crippen LogP) is 4.99. The molecule has 2 N–H and O–H groups in total. The summed E-state index contributed by atoms with van der Waals surface area (Å²) in [6.45, 7) is -0.239. The monoisotopic (exact) mass is 820 g/mol. The summed E-state index contributed by atoms with van der Waals surface area (Å²) in [6, 6.07) is 12.0. The lowest BCUT2D eigenvalue weighted by atomic mass is 9.94. The predicted molar refractivity (Wildman–Crippen MR) is 188 cm³/mol. The molecule has 3 amide bonds. The van der Waals surface area contributed by atoms with Crippen LogP contribution < -0.4 is 15.4 Å². The second-order valence-electron chi connectivity index (χ2n) is 12.9. The van der Waals surface area contributed by atoms with Crippen molar-refractivity contribution in [2.45, 2.75) is 68.0 Å². The fraction of sp³-hybridized carbons (Fsp3) is 0.400. The van der Waals surface area contributed by atoms with Crippen molar-refractivity contribution in [1.29, 1.82) is 0 Å². The molecule has 0 radical (unpaired) electrons. The highest BCUT2D eigenvalue weighted by molar-refractivity contribution is 7.91. The number of rotatable bonds is 15. The molecule has 1 aromatic heterocycles. The summed E-state index contributed by atoms with van der Waals surface area (Å²) < 4.78 is 101. The molecular weight excluding hydrogens is 786 g/mol. The lowest BCUT2D eigenvalue weighted by Gasteiger charge is -2.31. The van der Waals surface area contributed by atoms with Crippen LogP contribution in [-0.2, 0) is 41.2 Å². The van der Waals surface area contributed by atoms with Gasteiger partial charge < -0.3 is 20.3 Å². The zero-order valence-electron chi connectivity index (χ0n) is 28.7. The SMILES string of the molecule is CC(C)C(NC(=O)[C@@H]1C[C@@H](S(=O)(=O)Cc2ccccc2)CN1C(=O)C(Cc1cccc(Cl)c1)Oc1cncc(Cl)c1)C(=O)C(F)(F)C(=O)NCC(F)(F)F. The molecule has 54 heavy (non-hydrogen) atoms. The van der Waals surface area contributed by atoms with Gasteiger partial charge in [-0.1, -0.05) is 79.5 Å². The standard InChI is InChI=1S/C35H35Cl2F5N4O7S/c1-20(2)29(30(47)35(41,42)33(50)44-19-34(38,39)40)45-31(48)27-14-26(54(51,52)18-21-7-4-3-5-8-21)17-46(27)32(49)28(12-22-9-6-10-23(36)11-22)53-25-13-24(37)15-43-16-25/h3-11,13,15-16,20,26-29H,12,14,17-19H2,1-2H3,(H,44,50)(H,45,48)/t26-,27+,28?,29?/m1/s1. The fourth-order valence-electron chi connectivity index (χ4n) is 5.72. The van der Waals surface area contributed by atoms with Gasteiger partial charge >= 0.3 is 12.1 Å². The van der Waals surface area contributed by atoms with Crippen LogP contribution in [0.4, 0.5) is 22.0 Å². The van der Waals surface area contributed by atoms with Gasteiger partial charge in [0, 0.05) is 30.3 Å². The number of halogens is 7. The van der Waals surface area contributed by atoms with E-state index in [0.717, 1.165) is 10.2 Å². The van der Waals surface area contributed by atoms with E-state index in [-0.39, 0.29) is 17.2 Å². The van der Waals surface area contributed by atoms with E-state index in [1.807, 2.05) is 0 Å². The Kier molecular flexibility index (Phi) is 13.7. The Labute approximate surface area is 317 Å². The molecule has 4 atom stereocenters. The molecule has 0 saturated carbocycles. The second-order valence-corrected chi connectivity index (χ2v) is 16.1. The van der Waals surface area contributed by atoms with Gasteiger partial charge in [0.25, 0.3) is 11.8 Å². The largest absolute Gasteiger partial charge is 0.479 e. The second kappa shape index (κ2) is 17.4. The van der Waals surface area contributed by atoms with Gasteiger partial charge in [0.05, 0.1) is 28.3 Å². The van der Waals surface area contributed by atoms with Crippen LogP contribution in [0.2, 0.25) is 10.0 Å². The molecular formula is C35H35Cl2F5N4O7S. The minimum Gasteiger partial charge on any atom is -0.479 e. The number of nitrogens with zero attached hydrogens (tertiary/aromatic N) is 2. The number of likely N-dealkylation sites (tertiary alicyclic amines) is 1. The van der Waals surface area contributed by atoms with Crippen molar-refractivity contribution in [3.8, 4) is 5.75 Å². The fourth-order valence-corrected chi connectivity index (χ4v) is 7.85. The number of nitrogens with one attached hydrogen (secondary N) is 2. The highest BCUT2D eigenvalue weighted by atomic mass is 35.5. The number of benzene rings is 2. The average Bonchev–Trinajstić information content (AvgIpc) is 3.55. The van der Waals surface area contributed by atoms with Gasteiger partial charge in [0.15, 0.2) is 15.9 Å². The van der Waals surface area contributed by atoms with E-state index >= 15 is 0 Å². The van der Waals surface area contributed by atoms with E-state index in [0.29, 0.717) is 16.1 Å². The molecule has 4 rings (SSSR count). The summed E-state index contributed by atoms with van der Waals surface area (Å²) in [5.41, 5.74) is 0.913. The Hall–Kier alpha value is -4.35. The first-order valence-corrected chi connectivity index (χ1v) is 18.8. The van der Waals surface area contributed by atoms with Crippen LogP contribution in [0, 0.1) is 5.92 Å². The van der Waals surface area contributed by atoms with Gasteiger partial charge in [-0.2, -0.15) is 22.0 Å². The molecule has 3 aromatic rings. The summed E-state index contributed by atoms with van der Waals surface area (Å²) in [7, 11) is -4.11. The summed E-state index contributed by atoms with van der Waals surface area (Å²) in [4.78, 5) is 58.3. The van der Waals surface area contributed by atoms with Gasteiger partial charge in [0.1, 0.15) is 18.3 Å². The first-order valence-electron chi connectivity index (χ1n) is 16.3. The molecule has 2 aromatic carbocycles. The summed E-state index contributed by atoms with van der Waals surface area (Å²) in [6.07, 6.45) is -4.65. The number of Topliss-reactive ketones (excluding diaryl/α,β-unsaturated/α-hetero) is 1. The topological polar surface area (TPSA) is 152 Å². The third kappa shape index (κ3) is 11.1. The lowest BCUT2D eigenvalue weighted by Crippen LogP contribution is -2.59. The van der Waals surface area contributed by atoms with Gasteiger partial charge in [0.2, 0.25) is 11.7 Å². The smallest absolute Gasteiger partial charge is 0.405 e. The van der Waals surface area contributed by atoms with Crippen LogP contribution in [0.15, 0.2) is 73.1 Å². The number of carbonyl (C=O) groups excluding carboxylic acids is 4. The molecule has 2 unspecified atom stereocenters. The van der Waals surface area contributed by atoms with Crippen LogP contribution in [0.1, 0.15) is 31.4 Å². The molecule has 0 bridgehead atoms. The molecule has 1 saturated heterocycles. The van der Waals surface area contributed by atoms with E-state index in [9.17, 15) is 49.5 Å². The first-order chi connectivity index (χ1) is 25.2. The summed E-state index contributed by atoms with van der Waals surface area (Å²) >= 11 is 12.2. The van der Waals surface area contributed by atoms with Gasteiger partial charge in [-0.3, -0.25) is 24.2 Å². The summed E-state index contributed by atoms with van der Waals surface area (Å²) in [5.74, 6) is -13.5. The average molecular weight is 822 g/mol. The maximum absolute atomic E-state index is 15.0. The van der Waals surface area contributed by atoms with Crippen molar-refractivity contribution in [2.75, 3.05) is 13.1 Å². The molecule has 1 aliphatic rings. The molecule has 2 heterocycles. The molecule has 1 fully saturated rings. The Balaban J connectivity index is 1.69. The van der Waals surface area contributed by atoms with Crippen molar-refractivity contribution in [2.24, 2.45) is 5.92 Å². The third-order valence-corrected chi connectivity index (χ3v) is 10.9. The minimum absolute atomic E-state index is 0.0350. The maximum atomic E-state index is 15.0. The van der Waals surface area contributed by atoms with Crippen LogP contribution in [0.5, 0.6) is 5.75 Å². The number of pyridine rings is 1. The molecule has 11 nitrogen and oxygen atoms in total. The van der Waals surface area contributed by atoms with Crippen molar-refractivity contribution < 1.29 is 54.3 Å². The number of ether oxygens (including phenoxy) is 1. The highest BCUT2D eigenvalue weighted by Gasteiger charge is 2.53. The van der Waals surface area contributed by atoms with E-state index in [1.165, 1.54) is 32.3 Å². The number of carbonyl (C=O) groups is 4. The van der Waals surface area contributed by atoms with Gasteiger partial charge in [-0.15, -0.1) is 0 Å². The Morgan fingerprint density at radius 1 is 0.944 bits per heavy atom. The number of amides is 3. The molecule has 292 valence electrons. The molecule has 1 aliphatic heterocycles. The quantitative estimate of drug-likeness (QED) is 0.161. The Morgan fingerprint density at radius 2 is 1.61 bits per heavy atom. The van der Waals surface area contributed by atoms with Crippen molar-refractivity contribution >= 4 is 56.5 Å². The maximum Gasteiger partial charge on any atom is 0.405 e. The third-order valence-electron chi connectivity index (χ3n) is 8.40. The van der Waals surface area contributed by atoms with Crippen molar-refractivity contribution in [3.63, 3.8) is 0 Å². The van der Waals surface area contributed by atoms with E-state index in [4.69, 9.17) is 27.9 Å². The molecule has 0 spiro atoms. The van der Waals surface area contributed by atoms with E-state index in [2.05, 4.69) is 10.3 Å². The highest BCUT2D eigenvalue weighted by Crippen LogP contribution is 2.30. The molecule has 19 heteroatoms. The number of sulfone groups is 1. The van der Waals surface area contributed by atoms with Crippen LogP contribution in [0.25, 0.3) is 0 Å². The van der Waals surface area contributed by atoms with E-state index in [1.54, 1.807) is 54.6 Å².